The van der Waals surface area contributed by atoms with E-state index in [0.29, 0.717) is 5.75 Å². The number of aliphatic hydroxyl groups is 1. The van der Waals surface area contributed by atoms with Crippen LogP contribution in [0.3, 0.4) is 0 Å². The van der Waals surface area contributed by atoms with Crippen LogP contribution in [0.4, 0.5) is 0 Å². The van der Waals surface area contributed by atoms with Gasteiger partial charge in [-0.25, -0.2) is 0 Å². The van der Waals surface area contributed by atoms with Gasteiger partial charge in [0.1, 0.15) is 11.4 Å². The number of rotatable bonds is 3. The molecule has 0 saturated carbocycles. The van der Waals surface area contributed by atoms with Crippen LogP contribution in [0.1, 0.15) is 23.6 Å². The van der Waals surface area contributed by atoms with Gasteiger partial charge in [0.25, 0.3) is 0 Å². The molecule has 1 aromatic rings. The fourth-order valence-corrected chi connectivity index (χ4v) is 1.49. The minimum absolute atomic E-state index is 0.172. The first kappa shape index (κ1) is 12.0. The van der Waals surface area contributed by atoms with E-state index in [9.17, 15) is 5.11 Å². The monoisotopic (exact) mass is 209 g/mol. The molecule has 1 rings (SSSR count). The Labute approximate surface area is 90.9 Å². The molecule has 0 fully saturated rings. The highest BCUT2D eigenvalue weighted by molar-refractivity contribution is 5.44. The standard InChI is InChI=1S/C12H19NO2/c1-8-5-10(12(3,14)7-13)11(15-4)6-9(8)2/h5-6,14H,7,13H2,1-4H3. The summed E-state index contributed by atoms with van der Waals surface area (Å²) in [7, 11) is 1.60. The van der Waals surface area contributed by atoms with Gasteiger partial charge in [-0.15, -0.1) is 0 Å². The Balaban J connectivity index is 3.34. The lowest BCUT2D eigenvalue weighted by molar-refractivity contribution is 0.0640. The third-order valence-corrected chi connectivity index (χ3v) is 2.79. The second kappa shape index (κ2) is 4.21. The summed E-state index contributed by atoms with van der Waals surface area (Å²) >= 11 is 0. The molecule has 3 N–H and O–H groups in total. The van der Waals surface area contributed by atoms with Crippen LogP contribution in [-0.4, -0.2) is 18.8 Å². The molecule has 0 spiro atoms. The first-order valence-corrected chi connectivity index (χ1v) is 5.00. The van der Waals surface area contributed by atoms with Crippen molar-refractivity contribution in [2.75, 3.05) is 13.7 Å². The number of hydrogen-bond donors (Lipinski definition) is 2. The van der Waals surface area contributed by atoms with Gasteiger partial charge in [-0.3, -0.25) is 0 Å². The average molecular weight is 209 g/mol. The van der Waals surface area contributed by atoms with Crippen molar-refractivity contribution in [1.82, 2.24) is 0 Å². The molecule has 1 aromatic carbocycles. The summed E-state index contributed by atoms with van der Waals surface area (Å²) in [6, 6.07) is 3.86. The maximum absolute atomic E-state index is 10.1. The maximum Gasteiger partial charge on any atom is 0.125 e. The van der Waals surface area contributed by atoms with Crippen molar-refractivity contribution in [3.05, 3.63) is 28.8 Å². The van der Waals surface area contributed by atoms with Crippen molar-refractivity contribution < 1.29 is 9.84 Å². The molecule has 0 aliphatic carbocycles. The van der Waals surface area contributed by atoms with Crippen LogP contribution < -0.4 is 10.5 Å². The molecule has 0 heterocycles. The molecule has 0 radical (unpaired) electrons. The third kappa shape index (κ3) is 2.30. The molecular weight excluding hydrogens is 190 g/mol. The van der Waals surface area contributed by atoms with Crippen LogP contribution in [0, 0.1) is 13.8 Å². The average Bonchev–Trinajstić information content (AvgIpc) is 2.21. The van der Waals surface area contributed by atoms with E-state index in [2.05, 4.69) is 0 Å². The lowest BCUT2D eigenvalue weighted by atomic mass is 9.92. The molecule has 84 valence electrons. The fourth-order valence-electron chi connectivity index (χ4n) is 1.49. The van der Waals surface area contributed by atoms with Crippen LogP contribution in [0.2, 0.25) is 0 Å². The van der Waals surface area contributed by atoms with E-state index in [0.717, 1.165) is 16.7 Å². The Morgan fingerprint density at radius 3 is 2.33 bits per heavy atom. The smallest absolute Gasteiger partial charge is 0.125 e. The van der Waals surface area contributed by atoms with Gasteiger partial charge in [0, 0.05) is 12.1 Å². The molecular formula is C12H19NO2. The summed E-state index contributed by atoms with van der Waals surface area (Å²) in [5.41, 5.74) is 7.52. The summed E-state index contributed by atoms with van der Waals surface area (Å²) in [6.07, 6.45) is 0. The van der Waals surface area contributed by atoms with E-state index in [1.54, 1.807) is 14.0 Å². The molecule has 1 unspecified atom stereocenters. The topological polar surface area (TPSA) is 55.5 Å². The van der Waals surface area contributed by atoms with Crippen LogP contribution in [0.15, 0.2) is 12.1 Å². The molecule has 0 aliphatic heterocycles. The maximum atomic E-state index is 10.1. The number of ether oxygens (including phenoxy) is 1. The van der Waals surface area contributed by atoms with Gasteiger partial charge in [0.05, 0.1) is 7.11 Å². The van der Waals surface area contributed by atoms with Crippen molar-refractivity contribution in [3.63, 3.8) is 0 Å². The largest absolute Gasteiger partial charge is 0.496 e. The van der Waals surface area contributed by atoms with Crippen LogP contribution in [-0.2, 0) is 5.60 Å². The second-order valence-corrected chi connectivity index (χ2v) is 4.11. The molecule has 15 heavy (non-hydrogen) atoms. The zero-order chi connectivity index (χ0) is 11.6. The highest BCUT2D eigenvalue weighted by Crippen LogP contribution is 2.31. The quantitative estimate of drug-likeness (QED) is 0.792. The van der Waals surface area contributed by atoms with E-state index in [-0.39, 0.29) is 6.54 Å². The predicted octanol–water partition coefficient (Wildman–Crippen LogP) is 1.48. The Morgan fingerprint density at radius 2 is 1.87 bits per heavy atom. The number of benzene rings is 1. The predicted molar refractivity (Wildman–Crippen MR) is 61.1 cm³/mol. The number of methoxy groups -OCH3 is 1. The summed E-state index contributed by atoms with van der Waals surface area (Å²) in [5.74, 6) is 0.688. The van der Waals surface area contributed by atoms with Gasteiger partial charge < -0.3 is 15.6 Å². The number of nitrogens with two attached hydrogens (primary N) is 1. The van der Waals surface area contributed by atoms with E-state index < -0.39 is 5.60 Å². The molecule has 3 nitrogen and oxygen atoms in total. The van der Waals surface area contributed by atoms with Gasteiger partial charge in [0.2, 0.25) is 0 Å². The molecule has 3 heteroatoms. The lowest BCUT2D eigenvalue weighted by Gasteiger charge is -2.25. The summed E-state index contributed by atoms with van der Waals surface area (Å²) in [6.45, 7) is 5.88. The minimum atomic E-state index is -1.04. The van der Waals surface area contributed by atoms with Crippen molar-refractivity contribution in [2.24, 2.45) is 5.73 Å². The SMILES string of the molecule is COc1cc(C)c(C)cc1C(C)(O)CN. The zero-order valence-corrected chi connectivity index (χ0v) is 9.79. The summed E-state index contributed by atoms with van der Waals surface area (Å²) in [4.78, 5) is 0. The Bertz CT molecular complexity index is 359. The molecule has 0 saturated heterocycles. The van der Waals surface area contributed by atoms with Crippen LogP contribution in [0.5, 0.6) is 5.75 Å². The molecule has 1 atom stereocenters. The fraction of sp³-hybridized carbons (Fsp3) is 0.500. The van der Waals surface area contributed by atoms with Crippen LogP contribution in [0.25, 0.3) is 0 Å². The van der Waals surface area contributed by atoms with Crippen molar-refractivity contribution in [2.45, 2.75) is 26.4 Å². The van der Waals surface area contributed by atoms with Gasteiger partial charge in [-0.1, -0.05) is 0 Å². The van der Waals surface area contributed by atoms with E-state index in [1.165, 1.54) is 0 Å². The first-order chi connectivity index (χ1) is 6.92. The molecule has 0 amide bonds. The molecule has 0 bridgehead atoms. The normalized spacial score (nSPS) is 14.8. The second-order valence-electron chi connectivity index (χ2n) is 4.11. The number of hydrogen-bond acceptors (Lipinski definition) is 3. The van der Waals surface area contributed by atoms with Gasteiger partial charge in [0.15, 0.2) is 0 Å². The van der Waals surface area contributed by atoms with Crippen molar-refractivity contribution >= 4 is 0 Å². The summed E-state index contributed by atoms with van der Waals surface area (Å²) < 4.78 is 5.25. The van der Waals surface area contributed by atoms with Crippen molar-refractivity contribution in [1.29, 1.82) is 0 Å². The molecule has 0 aromatic heterocycles. The van der Waals surface area contributed by atoms with Gasteiger partial charge >= 0.3 is 0 Å². The Hall–Kier alpha value is -1.06. The van der Waals surface area contributed by atoms with Crippen molar-refractivity contribution in [3.8, 4) is 5.75 Å². The summed E-state index contributed by atoms with van der Waals surface area (Å²) in [5, 5.41) is 10.1. The lowest BCUT2D eigenvalue weighted by Crippen LogP contribution is -2.31. The Kier molecular flexibility index (Phi) is 3.37. The third-order valence-electron chi connectivity index (χ3n) is 2.79. The number of aryl methyl sites for hydroxylation is 2. The van der Waals surface area contributed by atoms with Gasteiger partial charge in [-0.05, 0) is 44.0 Å². The molecule has 0 aliphatic rings. The zero-order valence-electron chi connectivity index (χ0n) is 9.79. The van der Waals surface area contributed by atoms with Crippen LogP contribution >= 0.6 is 0 Å². The Morgan fingerprint density at radius 1 is 1.33 bits per heavy atom. The van der Waals surface area contributed by atoms with E-state index in [1.807, 2.05) is 26.0 Å². The van der Waals surface area contributed by atoms with E-state index >= 15 is 0 Å². The first-order valence-electron chi connectivity index (χ1n) is 5.00. The highest BCUT2D eigenvalue weighted by atomic mass is 16.5. The van der Waals surface area contributed by atoms with Gasteiger partial charge in [-0.2, -0.15) is 0 Å². The minimum Gasteiger partial charge on any atom is -0.496 e. The van der Waals surface area contributed by atoms with E-state index in [4.69, 9.17) is 10.5 Å². The highest BCUT2D eigenvalue weighted by Gasteiger charge is 2.25.